The summed E-state index contributed by atoms with van der Waals surface area (Å²) < 4.78 is 1.13. The van der Waals surface area contributed by atoms with E-state index < -0.39 is 0 Å². The minimum Gasteiger partial charge on any atom is -0.369 e. The molecule has 0 saturated carbocycles. The average Bonchev–Trinajstić information content (AvgIpc) is 2.94. The molecular formula is C16H26BrIN4. The zero-order chi connectivity index (χ0) is 15.1. The summed E-state index contributed by atoms with van der Waals surface area (Å²) in [5, 5.41) is 6.87. The van der Waals surface area contributed by atoms with Crippen molar-refractivity contribution < 1.29 is 0 Å². The first-order chi connectivity index (χ1) is 10.2. The van der Waals surface area contributed by atoms with E-state index in [0.29, 0.717) is 6.04 Å². The molecule has 0 radical (unpaired) electrons. The molecule has 1 fully saturated rings. The van der Waals surface area contributed by atoms with E-state index in [9.17, 15) is 0 Å². The maximum atomic E-state index is 4.57. The molecule has 1 aromatic carbocycles. The minimum absolute atomic E-state index is 0. The van der Waals surface area contributed by atoms with Gasteiger partial charge in [0.2, 0.25) is 0 Å². The van der Waals surface area contributed by atoms with Gasteiger partial charge >= 0.3 is 0 Å². The van der Waals surface area contributed by atoms with E-state index >= 15 is 0 Å². The first-order valence-electron chi connectivity index (χ1n) is 7.78. The second kappa shape index (κ2) is 10.3. The third-order valence-corrected chi connectivity index (χ3v) is 4.09. The summed E-state index contributed by atoms with van der Waals surface area (Å²) in [5.41, 5.74) is 1.29. The fraction of sp³-hybridized carbons (Fsp3) is 0.562. The van der Waals surface area contributed by atoms with Gasteiger partial charge in [0.1, 0.15) is 0 Å². The zero-order valence-corrected chi connectivity index (χ0v) is 17.2. The summed E-state index contributed by atoms with van der Waals surface area (Å²) >= 11 is 3.49. The fourth-order valence-corrected chi connectivity index (χ4v) is 2.77. The predicted molar refractivity (Wildman–Crippen MR) is 110 cm³/mol. The van der Waals surface area contributed by atoms with Crippen LogP contribution in [0, 0.1) is 0 Å². The lowest BCUT2D eigenvalue weighted by Gasteiger charge is -2.20. The minimum atomic E-state index is 0. The van der Waals surface area contributed by atoms with E-state index in [1.165, 1.54) is 5.69 Å². The highest BCUT2D eigenvalue weighted by atomic mass is 127. The van der Waals surface area contributed by atoms with Crippen LogP contribution in [-0.2, 0) is 0 Å². The van der Waals surface area contributed by atoms with Gasteiger partial charge in [-0.25, -0.2) is 0 Å². The molecular weight excluding hydrogens is 455 g/mol. The highest BCUT2D eigenvalue weighted by Gasteiger charge is 2.23. The molecule has 4 nitrogen and oxygen atoms in total. The molecule has 6 heteroatoms. The molecule has 2 N–H and O–H groups in total. The van der Waals surface area contributed by atoms with E-state index in [2.05, 4.69) is 74.6 Å². The van der Waals surface area contributed by atoms with Gasteiger partial charge in [0.15, 0.2) is 5.96 Å². The number of guanidine groups is 1. The van der Waals surface area contributed by atoms with Crippen LogP contribution in [0.15, 0.2) is 33.7 Å². The number of benzene rings is 1. The fourth-order valence-electron chi connectivity index (χ4n) is 2.50. The van der Waals surface area contributed by atoms with Crippen LogP contribution < -0.4 is 15.5 Å². The summed E-state index contributed by atoms with van der Waals surface area (Å²) in [6, 6.07) is 9.00. The molecule has 1 unspecified atom stereocenters. The molecule has 1 atom stereocenters. The van der Waals surface area contributed by atoms with Crippen molar-refractivity contribution >= 4 is 51.6 Å². The molecule has 124 valence electrons. The normalized spacial score (nSPS) is 18.0. The van der Waals surface area contributed by atoms with Gasteiger partial charge in [0.05, 0.1) is 0 Å². The summed E-state index contributed by atoms with van der Waals surface area (Å²) in [6.45, 7) is 8.14. The molecule has 22 heavy (non-hydrogen) atoms. The molecule has 1 aliphatic rings. The van der Waals surface area contributed by atoms with Gasteiger partial charge in [-0.2, -0.15) is 0 Å². The van der Waals surface area contributed by atoms with Crippen LogP contribution in [0.1, 0.15) is 26.7 Å². The largest absolute Gasteiger partial charge is 0.369 e. The summed E-state index contributed by atoms with van der Waals surface area (Å²) in [6.07, 6.45) is 2.22. The van der Waals surface area contributed by atoms with E-state index in [1.54, 1.807) is 0 Å². The number of nitrogens with zero attached hydrogens (tertiary/aromatic N) is 2. The van der Waals surface area contributed by atoms with Crippen LogP contribution in [0.3, 0.4) is 0 Å². The Kier molecular flexibility index (Phi) is 9.16. The number of nitrogens with one attached hydrogen (secondary N) is 2. The van der Waals surface area contributed by atoms with Gasteiger partial charge < -0.3 is 15.5 Å². The zero-order valence-electron chi connectivity index (χ0n) is 13.3. The maximum Gasteiger partial charge on any atom is 0.191 e. The van der Waals surface area contributed by atoms with E-state index in [0.717, 1.165) is 49.5 Å². The van der Waals surface area contributed by atoms with E-state index in [-0.39, 0.29) is 24.0 Å². The van der Waals surface area contributed by atoms with Crippen LogP contribution >= 0.6 is 39.9 Å². The smallest absolute Gasteiger partial charge is 0.191 e. The van der Waals surface area contributed by atoms with Gasteiger partial charge in [0, 0.05) is 42.4 Å². The molecule has 2 rings (SSSR count). The number of anilines is 1. The summed E-state index contributed by atoms with van der Waals surface area (Å²) in [7, 11) is 0. The third kappa shape index (κ3) is 5.95. The highest BCUT2D eigenvalue weighted by molar-refractivity contribution is 14.0. The second-order valence-corrected chi connectivity index (χ2v) is 6.23. The lowest BCUT2D eigenvalue weighted by molar-refractivity contribution is 0.648. The Morgan fingerprint density at radius 1 is 1.32 bits per heavy atom. The van der Waals surface area contributed by atoms with Crippen LogP contribution in [0.4, 0.5) is 5.69 Å². The number of rotatable bonds is 5. The number of aliphatic imine (C=N–C) groups is 1. The first-order valence-corrected chi connectivity index (χ1v) is 8.57. The first kappa shape index (κ1) is 19.5. The Morgan fingerprint density at radius 3 is 2.68 bits per heavy atom. The van der Waals surface area contributed by atoms with Crippen molar-refractivity contribution in [3.63, 3.8) is 0 Å². The molecule has 0 aromatic heterocycles. The monoisotopic (exact) mass is 480 g/mol. The van der Waals surface area contributed by atoms with Crippen molar-refractivity contribution in [3.05, 3.63) is 28.7 Å². The van der Waals surface area contributed by atoms with Crippen molar-refractivity contribution in [2.45, 2.75) is 32.7 Å². The quantitative estimate of drug-likeness (QED) is 0.384. The predicted octanol–water partition coefficient (Wildman–Crippen LogP) is 3.61. The van der Waals surface area contributed by atoms with Crippen molar-refractivity contribution in [2.24, 2.45) is 4.99 Å². The van der Waals surface area contributed by atoms with Crippen molar-refractivity contribution in [1.82, 2.24) is 10.6 Å². The maximum absolute atomic E-state index is 4.57. The summed E-state index contributed by atoms with van der Waals surface area (Å²) in [4.78, 5) is 7.00. The standard InChI is InChI=1S/C16H25BrN4.HI/c1-3-10-19-16(18-4-2)20-14-9-11-21(12-14)15-7-5-13(17)6-8-15;/h5-8,14H,3-4,9-12H2,1-2H3,(H2,18,19,20);1H. The molecule has 0 amide bonds. The number of halogens is 2. The molecule has 0 aliphatic carbocycles. The molecule has 1 aromatic rings. The molecule has 1 aliphatic heterocycles. The topological polar surface area (TPSA) is 39.7 Å². The van der Waals surface area contributed by atoms with Crippen molar-refractivity contribution in [3.8, 4) is 0 Å². The Morgan fingerprint density at radius 2 is 2.05 bits per heavy atom. The number of hydrogen-bond acceptors (Lipinski definition) is 2. The van der Waals surface area contributed by atoms with Gasteiger partial charge in [-0.15, -0.1) is 24.0 Å². The average molecular weight is 481 g/mol. The van der Waals surface area contributed by atoms with Gasteiger partial charge in [-0.05, 0) is 44.0 Å². The third-order valence-electron chi connectivity index (χ3n) is 3.56. The Labute approximate surface area is 159 Å². The van der Waals surface area contributed by atoms with Crippen LogP contribution in [0.5, 0.6) is 0 Å². The lowest BCUT2D eigenvalue weighted by Crippen LogP contribution is -2.44. The SMILES string of the molecule is CCCN=C(NCC)NC1CCN(c2ccc(Br)cc2)C1.I. The Balaban J connectivity index is 0.00000242. The van der Waals surface area contributed by atoms with Crippen molar-refractivity contribution in [2.75, 3.05) is 31.1 Å². The summed E-state index contributed by atoms with van der Waals surface area (Å²) in [5.74, 6) is 0.946. The van der Waals surface area contributed by atoms with Crippen molar-refractivity contribution in [1.29, 1.82) is 0 Å². The van der Waals surface area contributed by atoms with E-state index in [4.69, 9.17) is 0 Å². The molecule has 0 bridgehead atoms. The van der Waals surface area contributed by atoms with Gasteiger partial charge in [-0.1, -0.05) is 22.9 Å². The van der Waals surface area contributed by atoms with Crippen LogP contribution in [0.25, 0.3) is 0 Å². The van der Waals surface area contributed by atoms with E-state index in [1.807, 2.05) is 0 Å². The van der Waals surface area contributed by atoms with Crippen LogP contribution in [0.2, 0.25) is 0 Å². The van der Waals surface area contributed by atoms with Gasteiger partial charge in [-0.3, -0.25) is 4.99 Å². The molecule has 1 heterocycles. The van der Waals surface area contributed by atoms with Gasteiger partial charge in [0.25, 0.3) is 0 Å². The van der Waals surface area contributed by atoms with Crippen LogP contribution in [-0.4, -0.2) is 38.2 Å². The lowest BCUT2D eigenvalue weighted by atomic mass is 10.3. The highest BCUT2D eigenvalue weighted by Crippen LogP contribution is 2.22. The molecule has 0 spiro atoms. The molecule has 1 saturated heterocycles. The Bertz CT molecular complexity index is 464. The Hall–Kier alpha value is -0.500. The second-order valence-electron chi connectivity index (χ2n) is 5.31. The number of hydrogen-bond donors (Lipinski definition) is 2.